The van der Waals surface area contributed by atoms with Crippen molar-refractivity contribution in [2.24, 2.45) is 0 Å². The van der Waals surface area contributed by atoms with E-state index in [1.165, 1.54) is 30.3 Å². The van der Waals surface area contributed by atoms with Crippen LogP contribution in [0.15, 0.2) is 41.3 Å². The van der Waals surface area contributed by atoms with E-state index in [4.69, 9.17) is 0 Å². The van der Waals surface area contributed by atoms with Gasteiger partial charge in [-0.05, 0) is 18.2 Å². The molecule has 0 aliphatic rings. The minimum Gasteiger partial charge on any atom is -0.377 e. The summed E-state index contributed by atoms with van der Waals surface area (Å²) in [5.41, 5.74) is 0. The lowest BCUT2D eigenvalue weighted by Crippen LogP contribution is -2.63. The molecule has 14 heteroatoms. The van der Waals surface area contributed by atoms with Crippen molar-refractivity contribution >= 4 is 31.8 Å². The van der Waals surface area contributed by atoms with Crippen LogP contribution in [0, 0.1) is 0 Å². The maximum atomic E-state index is 13.9. The van der Waals surface area contributed by atoms with Crippen LogP contribution in [0.2, 0.25) is 0 Å². The molecule has 30 heavy (non-hydrogen) atoms. The van der Waals surface area contributed by atoms with E-state index >= 15 is 0 Å². The first kappa shape index (κ1) is 24.4. The first-order chi connectivity index (χ1) is 13.4. The van der Waals surface area contributed by atoms with E-state index in [0.29, 0.717) is 4.90 Å². The fourth-order valence-corrected chi connectivity index (χ4v) is 4.25. The number of alkyl halides is 9. The zero-order valence-electron chi connectivity index (χ0n) is 14.9. The summed E-state index contributed by atoms with van der Waals surface area (Å²) in [5.74, 6) is -15.7. The van der Waals surface area contributed by atoms with Gasteiger partial charge in [0.15, 0.2) is 10.6 Å². The molecule has 0 saturated carbocycles. The normalized spacial score (nSPS) is 14.4. The molecule has 0 heterocycles. The standard InChI is InChI=1S/C16H12F9O3S2/c1-29(2)12-8-7-11(9-5-3-4-6-10(9)12)28-30(26,27)16(24,25)14(19,20)13(17,18)15(21,22)23/h3-8H,1-2H3/q+1. The zero-order chi connectivity index (χ0) is 23.3. The second-order valence-electron chi connectivity index (χ2n) is 6.12. The highest BCUT2D eigenvalue weighted by Gasteiger charge is 2.86. The Bertz CT molecular complexity index is 1050. The molecule has 168 valence electrons. The molecular weight excluding hydrogens is 475 g/mol. The van der Waals surface area contributed by atoms with Gasteiger partial charge in [-0.2, -0.15) is 47.9 Å². The lowest BCUT2D eigenvalue weighted by molar-refractivity contribution is -0.382. The molecule has 0 aliphatic carbocycles. The van der Waals surface area contributed by atoms with Gasteiger partial charge in [0.1, 0.15) is 12.5 Å². The van der Waals surface area contributed by atoms with Crippen LogP contribution in [0.25, 0.3) is 10.8 Å². The first-order valence-corrected chi connectivity index (χ1v) is 11.1. The average molecular weight is 487 g/mol. The third-order valence-corrected chi connectivity index (χ3v) is 6.43. The number of hydrogen-bond acceptors (Lipinski definition) is 3. The monoisotopic (exact) mass is 487 g/mol. The second kappa shape index (κ2) is 7.39. The van der Waals surface area contributed by atoms with Crippen LogP contribution in [0.4, 0.5) is 39.5 Å². The van der Waals surface area contributed by atoms with E-state index < -0.39 is 50.0 Å². The Hall–Kier alpha value is -1.83. The number of halogens is 9. The van der Waals surface area contributed by atoms with Crippen molar-refractivity contribution in [3.63, 3.8) is 0 Å². The molecule has 2 rings (SSSR count). The molecular formula is C16H12F9O3S2+. The molecule has 0 N–H and O–H groups in total. The smallest absolute Gasteiger partial charge is 0.377 e. The van der Waals surface area contributed by atoms with Crippen molar-refractivity contribution in [1.82, 2.24) is 0 Å². The molecule has 0 unspecified atom stereocenters. The number of fused-ring (bicyclic) bond motifs is 1. The highest BCUT2D eigenvalue weighted by molar-refractivity contribution is 7.95. The predicted octanol–water partition coefficient (Wildman–Crippen LogP) is 5.21. The van der Waals surface area contributed by atoms with Gasteiger partial charge in [0.2, 0.25) is 0 Å². The zero-order valence-corrected chi connectivity index (χ0v) is 16.5. The summed E-state index contributed by atoms with van der Waals surface area (Å²) in [7, 11) is -7.43. The Morgan fingerprint density at radius 2 is 1.27 bits per heavy atom. The Balaban J connectivity index is 2.60. The molecule has 2 aromatic rings. The third kappa shape index (κ3) is 3.67. The Morgan fingerprint density at radius 1 is 0.767 bits per heavy atom. The van der Waals surface area contributed by atoms with Crippen LogP contribution >= 0.6 is 0 Å². The van der Waals surface area contributed by atoms with Crippen molar-refractivity contribution in [2.45, 2.75) is 28.2 Å². The fraction of sp³-hybridized carbons (Fsp3) is 0.375. The summed E-state index contributed by atoms with van der Waals surface area (Å²) in [6.45, 7) is 0. The SMILES string of the molecule is C[S+](C)c1ccc(OS(=O)(=O)C(F)(F)C(F)(F)C(F)(F)C(F)(F)F)c2ccccc12. The maximum absolute atomic E-state index is 13.9. The molecule has 0 amide bonds. The van der Waals surface area contributed by atoms with Gasteiger partial charge >= 0.3 is 33.4 Å². The molecule has 3 nitrogen and oxygen atoms in total. The summed E-state index contributed by atoms with van der Waals surface area (Å²) >= 11 is 0. The van der Waals surface area contributed by atoms with Crippen LogP contribution in [0.1, 0.15) is 0 Å². The second-order valence-corrected chi connectivity index (χ2v) is 9.79. The lowest BCUT2D eigenvalue weighted by Gasteiger charge is -2.32. The van der Waals surface area contributed by atoms with E-state index in [1.54, 1.807) is 12.5 Å². The Labute approximate surface area is 167 Å². The van der Waals surface area contributed by atoms with Crippen LogP contribution in [0.3, 0.4) is 0 Å². The topological polar surface area (TPSA) is 43.4 Å². The van der Waals surface area contributed by atoms with Crippen molar-refractivity contribution in [2.75, 3.05) is 12.5 Å². The largest absolute Gasteiger partial charge is 0.460 e. The summed E-state index contributed by atoms with van der Waals surface area (Å²) < 4.78 is 145. The molecule has 0 aromatic heterocycles. The van der Waals surface area contributed by atoms with E-state index in [0.717, 1.165) is 6.07 Å². The summed E-state index contributed by atoms with van der Waals surface area (Å²) in [6.07, 6.45) is -3.64. The van der Waals surface area contributed by atoms with E-state index in [2.05, 4.69) is 4.18 Å². The van der Waals surface area contributed by atoms with Gasteiger partial charge in [0.25, 0.3) is 0 Å². The lowest BCUT2D eigenvalue weighted by atomic mass is 10.1. The molecule has 0 radical (unpaired) electrons. The van der Waals surface area contributed by atoms with Crippen LogP contribution < -0.4 is 4.18 Å². The molecule has 2 aromatic carbocycles. The molecule has 0 fully saturated rings. The highest BCUT2D eigenvalue weighted by Crippen LogP contribution is 2.55. The molecule has 0 atom stereocenters. The van der Waals surface area contributed by atoms with Crippen LogP contribution in [-0.4, -0.2) is 44.2 Å². The molecule has 0 bridgehead atoms. The predicted molar refractivity (Wildman–Crippen MR) is 91.9 cm³/mol. The highest BCUT2D eigenvalue weighted by atomic mass is 32.2. The van der Waals surface area contributed by atoms with E-state index in [9.17, 15) is 47.9 Å². The quantitative estimate of drug-likeness (QED) is 0.319. The maximum Gasteiger partial charge on any atom is 0.460 e. The minimum atomic E-state index is -7.36. The average Bonchev–Trinajstić information content (AvgIpc) is 2.60. The molecule has 0 spiro atoms. The van der Waals surface area contributed by atoms with Crippen molar-refractivity contribution < 1.29 is 52.1 Å². The molecule has 0 saturated heterocycles. The van der Waals surface area contributed by atoms with Crippen molar-refractivity contribution in [3.8, 4) is 5.75 Å². The van der Waals surface area contributed by atoms with Crippen molar-refractivity contribution in [1.29, 1.82) is 0 Å². The Morgan fingerprint density at radius 3 is 1.73 bits per heavy atom. The minimum absolute atomic E-state index is 0.151. The van der Waals surface area contributed by atoms with Gasteiger partial charge in [-0.25, -0.2) is 0 Å². The third-order valence-electron chi connectivity index (χ3n) is 3.91. The summed E-state index contributed by atoms with van der Waals surface area (Å²) in [6, 6.07) is 7.47. The fourth-order valence-electron chi connectivity index (χ4n) is 2.36. The first-order valence-electron chi connectivity index (χ1n) is 7.62. The Kier molecular flexibility index (Phi) is 6.02. The van der Waals surface area contributed by atoms with Gasteiger partial charge < -0.3 is 4.18 Å². The van der Waals surface area contributed by atoms with E-state index in [1.807, 2.05) is 0 Å². The van der Waals surface area contributed by atoms with Gasteiger partial charge in [-0.3, -0.25) is 0 Å². The number of benzene rings is 2. The van der Waals surface area contributed by atoms with Crippen LogP contribution in [0.5, 0.6) is 5.75 Å². The number of rotatable bonds is 6. The van der Waals surface area contributed by atoms with Gasteiger partial charge in [-0.15, -0.1) is 0 Å². The van der Waals surface area contributed by atoms with Gasteiger partial charge in [-0.1, -0.05) is 18.2 Å². The van der Waals surface area contributed by atoms with Gasteiger partial charge in [0, 0.05) is 21.7 Å². The van der Waals surface area contributed by atoms with Gasteiger partial charge in [0.05, 0.1) is 0 Å². The number of hydrogen-bond donors (Lipinski definition) is 0. The summed E-state index contributed by atoms with van der Waals surface area (Å²) in [4.78, 5) is 0.607. The van der Waals surface area contributed by atoms with Crippen LogP contribution in [-0.2, 0) is 21.0 Å². The summed E-state index contributed by atoms with van der Waals surface area (Å²) in [5, 5.41) is -6.78. The van der Waals surface area contributed by atoms with E-state index in [-0.39, 0.29) is 10.8 Å². The molecule has 0 aliphatic heterocycles. The van der Waals surface area contributed by atoms with Crippen molar-refractivity contribution in [3.05, 3.63) is 36.4 Å².